The van der Waals surface area contributed by atoms with Gasteiger partial charge >= 0.3 is 0 Å². The molecule has 1 saturated heterocycles. The number of nitrogens with one attached hydrogen (secondary N) is 1. The zero-order chi connectivity index (χ0) is 20.1. The van der Waals surface area contributed by atoms with Gasteiger partial charge in [-0.3, -0.25) is 9.79 Å². The van der Waals surface area contributed by atoms with Gasteiger partial charge in [-0.2, -0.15) is 0 Å². The summed E-state index contributed by atoms with van der Waals surface area (Å²) < 4.78 is 0. The van der Waals surface area contributed by atoms with Crippen molar-refractivity contribution in [2.24, 2.45) is 4.99 Å². The van der Waals surface area contributed by atoms with Gasteiger partial charge in [0.1, 0.15) is 0 Å². The fourth-order valence-corrected chi connectivity index (χ4v) is 3.70. The first kappa shape index (κ1) is 19.5. The number of anilines is 3. The molecular formula is C21H24BN5O. The zero-order valence-corrected chi connectivity index (χ0v) is 16.0. The van der Waals surface area contributed by atoms with Crippen molar-refractivity contribution < 1.29 is 4.79 Å². The number of nitrogens with two attached hydrogens (primary N) is 2. The van der Waals surface area contributed by atoms with Crippen molar-refractivity contribution in [2.45, 2.75) is 31.4 Å². The molecule has 7 heteroatoms. The Morgan fingerprint density at radius 3 is 2.61 bits per heavy atom. The van der Waals surface area contributed by atoms with E-state index in [-0.39, 0.29) is 12.6 Å². The number of hydrogen-bond acceptors (Lipinski definition) is 5. The number of nitrogen functional groups attached to an aromatic ring is 2. The van der Waals surface area contributed by atoms with Gasteiger partial charge in [-0.15, -0.1) is 0 Å². The molecule has 0 aliphatic carbocycles. The molecule has 1 fully saturated rings. The molecule has 0 spiro atoms. The molecule has 3 rings (SSSR count). The van der Waals surface area contributed by atoms with E-state index in [1.807, 2.05) is 12.1 Å². The molecule has 1 aliphatic rings. The van der Waals surface area contributed by atoms with Gasteiger partial charge in [0.2, 0.25) is 0 Å². The minimum Gasteiger partial charge on any atom is -0.398 e. The molecule has 0 atom stereocenters. The highest BCUT2D eigenvalue weighted by atomic mass is 16.1. The highest BCUT2D eigenvalue weighted by Gasteiger charge is 2.25. The Kier molecular flexibility index (Phi) is 6.00. The summed E-state index contributed by atoms with van der Waals surface area (Å²) in [6.45, 7) is 0.168. The summed E-state index contributed by atoms with van der Waals surface area (Å²) in [5, 5.41) is 11.9. The molecule has 1 aliphatic heterocycles. The van der Waals surface area contributed by atoms with Crippen LogP contribution < -0.4 is 16.8 Å². The zero-order valence-electron chi connectivity index (χ0n) is 16.0. The van der Waals surface area contributed by atoms with Gasteiger partial charge in [0, 0.05) is 41.9 Å². The van der Waals surface area contributed by atoms with Crippen LogP contribution in [0, 0.1) is 11.2 Å². The van der Waals surface area contributed by atoms with Gasteiger partial charge in [-0.25, -0.2) is 5.26 Å². The van der Waals surface area contributed by atoms with Crippen LogP contribution in [0.1, 0.15) is 40.2 Å². The molecule has 28 heavy (non-hydrogen) atoms. The van der Waals surface area contributed by atoms with E-state index < -0.39 is 0 Å². The van der Waals surface area contributed by atoms with Gasteiger partial charge < -0.3 is 16.8 Å². The quantitative estimate of drug-likeness (QED) is 0.431. The average Bonchev–Trinajstić information content (AvgIpc) is 2.70. The standard InChI is InChI=1S/C21H24BN5O/c1-26-12-16-10-17(3-5-19(16)24)27-21(28)18-4-2-15(11-20(18)25)14-6-8-22(13-23)9-7-14/h2-5,10-12,14H,6-9,24-25H2,1H3,(H,27,28). The largest absolute Gasteiger partial charge is 0.398 e. The summed E-state index contributed by atoms with van der Waals surface area (Å²) in [4.78, 5) is 16.6. The van der Waals surface area contributed by atoms with E-state index in [9.17, 15) is 4.79 Å². The number of benzene rings is 2. The van der Waals surface area contributed by atoms with Crippen LogP contribution in [0.5, 0.6) is 0 Å². The molecule has 0 radical (unpaired) electrons. The molecule has 5 N–H and O–H groups in total. The first-order chi connectivity index (χ1) is 13.5. The fourth-order valence-electron chi connectivity index (χ4n) is 3.70. The lowest BCUT2D eigenvalue weighted by Crippen LogP contribution is -2.19. The van der Waals surface area contributed by atoms with Gasteiger partial charge in [0.15, 0.2) is 0 Å². The molecule has 1 amide bonds. The third kappa shape index (κ3) is 4.34. The lowest BCUT2D eigenvalue weighted by molar-refractivity contribution is 0.102. The third-order valence-corrected chi connectivity index (χ3v) is 5.31. The maximum Gasteiger partial charge on any atom is 0.267 e. The van der Waals surface area contributed by atoms with E-state index >= 15 is 0 Å². The maximum atomic E-state index is 12.7. The average molecular weight is 373 g/mol. The van der Waals surface area contributed by atoms with Crippen molar-refractivity contribution in [1.29, 1.82) is 5.26 Å². The Hall–Kier alpha value is -3.27. The first-order valence-corrected chi connectivity index (χ1v) is 9.44. The Morgan fingerprint density at radius 1 is 1.21 bits per heavy atom. The molecule has 1 heterocycles. The van der Waals surface area contributed by atoms with Crippen LogP contribution in [0.2, 0.25) is 12.6 Å². The molecule has 0 bridgehead atoms. The van der Waals surface area contributed by atoms with Crippen molar-refractivity contribution in [3.63, 3.8) is 0 Å². The van der Waals surface area contributed by atoms with E-state index in [1.54, 1.807) is 37.5 Å². The van der Waals surface area contributed by atoms with Gasteiger partial charge in [-0.1, -0.05) is 31.5 Å². The molecule has 2 aromatic rings. The number of rotatable bonds is 4. The first-order valence-electron chi connectivity index (χ1n) is 9.44. The van der Waals surface area contributed by atoms with E-state index in [2.05, 4.69) is 16.3 Å². The number of nitrogens with zero attached hydrogens (tertiary/aromatic N) is 2. The molecule has 2 aromatic carbocycles. The number of carbonyl (C=O) groups is 1. The van der Waals surface area contributed by atoms with Crippen molar-refractivity contribution >= 4 is 35.9 Å². The Balaban J connectivity index is 1.73. The monoisotopic (exact) mass is 373 g/mol. The van der Waals surface area contributed by atoms with E-state index in [0.29, 0.717) is 28.5 Å². The molecule has 0 aromatic heterocycles. The van der Waals surface area contributed by atoms with Gasteiger partial charge in [0.05, 0.1) is 5.56 Å². The number of carbonyl (C=O) groups excluding carboxylic acids is 1. The van der Waals surface area contributed by atoms with Gasteiger partial charge in [0.25, 0.3) is 12.6 Å². The van der Waals surface area contributed by atoms with E-state index in [4.69, 9.17) is 16.7 Å². The van der Waals surface area contributed by atoms with Crippen molar-refractivity contribution in [1.82, 2.24) is 0 Å². The van der Waals surface area contributed by atoms with Crippen LogP contribution in [-0.2, 0) is 0 Å². The molecule has 0 saturated carbocycles. The van der Waals surface area contributed by atoms with Crippen LogP contribution in [0.15, 0.2) is 41.4 Å². The predicted octanol–water partition coefficient (Wildman–Crippen LogP) is 3.59. The second-order valence-electron chi connectivity index (χ2n) is 7.21. The Morgan fingerprint density at radius 2 is 1.96 bits per heavy atom. The summed E-state index contributed by atoms with van der Waals surface area (Å²) in [5.41, 5.74) is 16.1. The van der Waals surface area contributed by atoms with Crippen LogP contribution in [-0.4, -0.2) is 25.9 Å². The number of nitriles is 1. The van der Waals surface area contributed by atoms with Crippen LogP contribution >= 0.6 is 0 Å². The predicted molar refractivity (Wildman–Crippen MR) is 116 cm³/mol. The minimum absolute atomic E-state index is 0.168. The summed E-state index contributed by atoms with van der Waals surface area (Å²) in [7, 11) is 1.67. The summed E-state index contributed by atoms with van der Waals surface area (Å²) in [6.07, 6.45) is 5.45. The Labute approximate surface area is 165 Å². The second kappa shape index (κ2) is 8.62. The number of amides is 1. The molecule has 6 nitrogen and oxygen atoms in total. The van der Waals surface area contributed by atoms with Crippen LogP contribution in [0.3, 0.4) is 0 Å². The number of aliphatic imine (C=N–C) groups is 1. The molecule has 0 unspecified atom stereocenters. The fraction of sp³-hybridized carbons (Fsp3) is 0.286. The second-order valence-corrected chi connectivity index (χ2v) is 7.21. The topological polar surface area (TPSA) is 117 Å². The molecule has 142 valence electrons. The molecular weight excluding hydrogens is 349 g/mol. The summed E-state index contributed by atoms with van der Waals surface area (Å²) in [5.74, 6) is 2.49. The summed E-state index contributed by atoms with van der Waals surface area (Å²) >= 11 is 0. The van der Waals surface area contributed by atoms with E-state index in [1.165, 1.54) is 0 Å². The normalized spacial score (nSPS) is 14.8. The Bertz CT molecular complexity index is 942. The highest BCUT2D eigenvalue weighted by molar-refractivity contribution is 6.67. The smallest absolute Gasteiger partial charge is 0.267 e. The van der Waals surface area contributed by atoms with E-state index in [0.717, 1.165) is 36.6 Å². The van der Waals surface area contributed by atoms with Crippen molar-refractivity contribution in [3.05, 3.63) is 53.1 Å². The lowest BCUT2D eigenvalue weighted by atomic mass is 9.41. The van der Waals surface area contributed by atoms with Crippen molar-refractivity contribution in [3.8, 4) is 5.97 Å². The van der Waals surface area contributed by atoms with Gasteiger partial charge in [-0.05, 0) is 41.8 Å². The third-order valence-electron chi connectivity index (χ3n) is 5.31. The lowest BCUT2D eigenvalue weighted by Gasteiger charge is -2.24. The summed E-state index contributed by atoms with van der Waals surface area (Å²) in [6, 6.07) is 10.9. The maximum absolute atomic E-state index is 12.7. The highest BCUT2D eigenvalue weighted by Crippen LogP contribution is 2.34. The SMILES string of the molecule is CN=Cc1cc(NC(=O)c2ccc(C3CCB(C#N)CC3)cc2N)ccc1N. The van der Waals surface area contributed by atoms with Crippen LogP contribution in [0.4, 0.5) is 17.1 Å². The number of hydrogen-bond donors (Lipinski definition) is 3. The minimum atomic E-state index is -0.263. The van der Waals surface area contributed by atoms with Crippen molar-refractivity contribution in [2.75, 3.05) is 23.8 Å². The van der Waals surface area contributed by atoms with Crippen LogP contribution in [0.25, 0.3) is 0 Å².